The number of aromatic nitrogens is 4. The molecule has 0 fully saturated rings. The zero-order valence-corrected chi connectivity index (χ0v) is 11.0. The Morgan fingerprint density at radius 3 is 2.70 bits per heavy atom. The molecule has 1 N–H and O–H groups in total. The molecule has 0 aromatic carbocycles. The quantitative estimate of drug-likeness (QED) is 0.860. The minimum Gasteiger partial charge on any atom is -0.348 e. The van der Waals surface area contributed by atoms with Gasteiger partial charge < -0.3 is 5.32 Å². The van der Waals surface area contributed by atoms with Crippen molar-refractivity contribution < 1.29 is 17.6 Å². The summed E-state index contributed by atoms with van der Waals surface area (Å²) in [5, 5.41) is 9.38. The molecule has 2 rings (SSSR count). The highest BCUT2D eigenvalue weighted by Gasteiger charge is 2.26. The van der Waals surface area contributed by atoms with Crippen LogP contribution in [0.4, 0.5) is 23.5 Å². The molecule has 0 aliphatic heterocycles. The van der Waals surface area contributed by atoms with E-state index < -0.39 is 23.0 Å². The number of rotatable bonds is 5. The van der Waals surface area contributed by atoms with E-state index in [0.717, 1.165) is 24.3 Å². The predicted molar refractivity (Wildman–Crippen MR) is 63.8 cm³/mol. The van der Waals surface area contributed by atoms with Crippen LogP contribution in [0, 0.1) is 0 Å². The fraction of sp³-hybridized carbons (Fsp3) is 0.400. The average molecular weight is 307 g/mol. The van der Waals surface area contributed by atoms with Crippen molar-refractivity contribution in [2.24, 2.45) is 0 Å². The van der Waals surface area contributed by atoms with Crippen molar-refractivity contribution in [2.45, 2.75) is 25.8 Å². The SMILES string of the molecule is CC(F)(F)c1ccnc(NCc2nnc(C(F)F)s2)n1. The molecule has 10 heteroatoms. The lowest BCUT2D eigenvalue weighted by molar-refractivity contribution is 0.0127. The minimum absolute atomic E-state index is 0.0298. The average Bonchev–Trinajstić information content (AvgIpc) is 2.85. The Hall–Kier alpha value is -1.84. The topological polar surface area (TPSA) is 63.6 Å². The van der Waals surface area contributed by atoms with E-state index in [9.17, 15) is 17.6 Å². The Morgan fingerprint density at radius 1 is 1.35 bits per heavy atom. The molecule has 2 heterocycles. The van der Waals surface area contributed by atoms with Crippen LogP contribution in [0.25, 0.3) is 0 Å². The van der Waals surface area contributed by atoms with Crippen LogP contribution >= 0.6 is 11.3 Å². The molecule has 0 radical (unpaired) electrons. The zero-order valence-electron chi connectivity index (χ0n) is 10.1. The van der Waals surface area contributed by atoms with Crippen molar-refractivity contribution in [3.8, 4) is 0 Å². The lowest BCUT2D eigenvalue weighted by Crippen LogP contribution is -2.12. The van der Waals surface area contributed by atoms with Gasteiger partial charge in [0.15, 0.2) is 5.01 Å². The second-order valence-corrected chi connectivity index (χ2v) is 4.94. The normalized spacial score (nSPS) is 11.9. The number of nitrogens with zero attached hydrogens (tertiary/aromatic N) is 4. The summed E-state index contributed by atoms with van der Waals surface area (Å²) in [6, 6.07) is 1.10. The lowest BCUT2D eigenvalue weighted by Gasteiger charge is -2.10. The lowest BCUT2D eigenvalue weighted by atomic mass is 10.2. The number of anilines is 1. The van der Waals surface area contributed by atoms with Gasteiger partial charge in [-0.15, -0.1) is 10.2 Å². The first-order chi connectivity index (χ1) is 9.36. The third-order valence-corrected chi connectivity index (χ3v) is 3.10. The second kappa shape index (κ2) is 5.65. The molecule has 0 bridgehead atoms. The Kier molecular flexibility index (Phi) is 4.12. The predicted octanol–water partition coefficient (Wildman–Crippen LogP) is 2.99. The van der Waals surface area contributed by atoms with Crippen LogP contribution in [0.1, 0.15) is 29.1 Å². The number of nitrogens with one attached hydrogen (secondary N) is 1. The van der Waals surface area contributed by atoms with Crippen molar-refractivity contribution in [3.05, 3.63) is 28.0 Å². The summed E-state index contributed by atoms with van der Waals surface area (Å²) < 4.78 is 50.8. The first-order valence-corrected chi connectivity index (χ1v) is 6.23. The first-order valence-electron chi connectivity index (χ1n) is 5.42. The number of hydrogen-bond donors (Lipinski definition) is 1. The van der Waals surface area contributed by atoms with Gasteiger partial charge in [0.05, 0.1) is 6.54 Å². The standard InChI is InChI=1S/C10H9F4N5S/c1-10(13,14)5-2-3-15-9(17-5)16-4-6-18-19-8(20-6)7(11)12/h2-3,7H,4H2,1H3,(H,15,16,17). The van der Waals surface area contributed by atoms with Gasteiger partial charge in [-0.2, -0.15) is 8.78 Å². The fourth-order valence-corrected chi connectivity index (χ4v) is 1.91. The maximum Gasteiger partial charge on any atom is 0.291 e. The molecule has 0 aliphatic rings. The van der Waals surface area contributed by atoms with Crippen LogP contribution in [0.3, 0.4) is 0 Å². The largest absolute Gasteiger partial charge is 0.348 e. The first kappa shape index (κ1) is 14.6. The van der Waals surface area contributed by atoms with Crippen molar-refractivity contribution in [1.82, 2.24) is 20.2 Å². The molecular formula is C10H9F4N5S. The molecule has 2 aromatic heterocycles. The molecule has 0 unspecified atom stereocenters. The Bertz CT molecular complexity index is 583. The van der Waals surface area contributed by atoms with E-state index >= 15 is 0 Å². The second-order valence-electron chi connectivity index (χ2n) is 3.84. The van der Waals surface area contributed by atoms with Gasteiger partial charge in [0.1, 0.15) is 10.7 Å². The van der Waals surface area contributed by atoms with Gasteiger partial charge in [-0.25, -0.2) is 18.7 Å². The highest BCUT2D eigenvalue weighted by molar-refractivity contribution is 7.11. The van der Waals surface area contributed by atoms with Crippen LogP contribution in [0.2, 0.25) is 0 Å². The summed E-state index contributed by atoms with van der Waals surface area (Å²) in [5.41, 5.74) is -0.430. The third kappa shape index (κ3) is 3.59. The van der Waals surface area contributed by atoms with Gasteiger partial charge >= 0.3 is 0 Å². The van der Waals surface area contributed by atoms with Gasteiger partial charge in [0, 0.05) is 13.1 Å². The molecule has 2 aromatic rings. The maximum absolute atomic E-state index is 13.1. The van der Waals surface area contributed by atoms with E-state index in [1.165, 1.54) is 6.20 Å². The molecular weight excluding hydrogens is 298 g/mol. The van der Waals surface area contributed by atoms with E-state index in [0.29, 0.717) is 0 Å². The Morgan fingerprint density at radius 2 is 2.10 bits per heavy atom. The summed E-state index contributed by atoms with van der Waals surface area (Å²) in [6.45, 7) is 0.752. The van der Waals surface area contributed by atoms with Crippen LogP contribution in [-0.2, 0) is 12.5 Å². The van der Waals surface area contributed by atoms with E-state index in [1.807, 2.05) is 0 Å². The van der Waals surface area contributed by atoms with Crippen LogP contribution in [-0.4, -0.2) is 20.2 Å². The van der Waals surface area contributed by atoms with Crippen molar-refractivity contribution in [3.63, 3.8) is 0 Å². The molecule has 5 nitrogen and oxygen atoms in total. The summed E-state index contributed by atoms with van der Waals surface area (Å²) in [4.78, 5) is 7.40. The van der Waals surface area contributed by atoms with E-state index in [1.54, 1.807) is 0 Å². The highest BCUT2D eigenvalue weighted by atomic mass is 32.1. The summed E-state index contributed by atoms with van der Waals surface area (Å²) in [6.07, 6.45) is -1.49. The third-order valence-electron chi connectivity index (χ3n) is 2.17. The van der Waals surface area contributed by atoms with Gasteiger partial charge in [-0.1, -0.05) is 11.3 Å². The molecule has 0 aliphatic carbocycles. The van der Waals surface area contributed by atoms with E-state index in [4.69, 9.17) is 0 Å². The molecule has 0 saturated carbocycles. The van der Waals surface area contributed by atoms with Gasteiger partial charge in [0.2, 0.25) is 5.95 Å². The highest BCUT2D eigenvalue weighted by Crippen LogP contribution is 2.25. The maximum atomic E-state index is 13.1. The van der Waals surface area contributed by atoms with Gasteiger partial charge in [0.25, 0.3) is 12.3 Å². The van der Waals surface area contributed by atoms with Crippen LogP contribution in [0.15, 0.2) is 12.3 Å². The summed E-state index contributed by atoms with van der Waals surface area (Å²) in [7, 11) is 0. The van der Waals surface area contributed by atoms with Crippen molar-refractivity contribution in [2.75, 3.05) is 5.32 Å². The number of alkyl halides is 4. The van der Waals surface area contributed by atoms with Crippen molar-refractivity contribution >= 4 is 17.3 Å². The van der Waals surface area contributed by atoms with Crippen LogP contribution < -0.4 is 5.32 Å². The Balaban J connectivity index is 2.03. The fourth-order valence-electron chi connectivity index (χ4n) is 1.27. The minimum atomic E-state index is -3.08. The molecule has 0 spiro atoms. The zero-order chi connectivity index (χ0) is 14.8. The van der Waals surface area contributed by atoms with Crippen molar-refractivity contribution in [1.29, 1.82) is 0 Å². The molecule has 0 saturated heterocycles. The number of hydrogen-bond acceptors (Lipinski definition) is 6. The van der Waals surface area contributed by atoms with E-state index in [2.05, 4.69) is 25.5 Å². The molecule has 20 heavy (non-hydrogen) atoms. The summed E-state index contributed by atoms with van der Waals surface area (Å²) >= 11 is 0.732. The molecule has 0 amide bonds. The van der Waals surface area contributed by atoms with E-state index in [-0.39, 0.29) is 17.5 Å². The monoisotopic (exact) mass is 307 g/mol. The van der Waals surface area contributed by atoms with Gasteiger partial charge in [-0.3, -0.25) is 0 Å². The Labute approximate surface area is 115 Å². The number of halogens is 4. The summed E-state index contributed by atoms with van der Waals surface area (Å²) in [5.74, 6) is -3.11. The van der Waals surface area contributed by atoms with Crippen LogP contribution in [0.5, 0.6) is 0 Å². The smallest absolute Gasteiger partial charge is 0.291 e. The molecule has 108 valence electrons. The molecule has 0 atom stereocenters. The van der Waals surface area contributed by atoms with Gasteiger partial charge in [-0.05, 0) is 6.07 Å².